The molecule has 4 heterocycles. The molecule has 0 radical (unpaired) electrons. The van der Waals surface area contributed by atoms with Crippen LogP contribution in [0.5, 0.6) is 5.88 Å². The lowest BCUT2D eigenvalue weighted by Crippen LogP contribution is -2.26. The number of rotatable bonds is 6. The fourth-order valence-electron chi connectivity index (χ4n) is 3.50. The SMILES string of the molecule is CN1CCCC1CCOc1ccc2[nH]cc(C(=O)Nc3ccccn3)c2n1. The van der Waals surface area contributed by atoms with E-state index in [9.17, 15) is 4.79 Å². The zero-order valence-electron chi connectivity index (χ0n) is 15.3. The summed E-state index contributed by atoms with van der Waals surface area (Å²) in [6.07, 6.45) is 6.76. The Labute approximate surface area is 157 Å². The largest absolute Gasteiger partial charge is 0.478 e. The third kappa shape index (κ3) is 3.93. The Kier molecular flexibility index (Phi) is 5.02. The molecule has 1 atom stereocenters. The third-order valence-corrected chi connectivity index (χ3v) is 5.02. The van der Waals surface area contributed by atoms with Gasteiger partial charge in [0.15, 0.2) is 0 Å². The first-order valence-electron chi connectivity index (χ1n) is 9.24. The summed E-state index contributed by atoms with van der Waals surface area (Å²) in [5.41, 5.74) is 1.86. The van der Waals surface area contributed by atoms with Gasteiger partial charge in [-0.15, -0.1) is 0 Å². The lowest BCUT2D eigenvalue weighted by molar-refractivity contribution is 0.102. The minimum atomic E-state index is -0.253. The second kappa shape index (κ2) is 7.75. The molecule has 0 saturated carbocycles. The number of anilines is 1. The first kappa shape index (κ1) is 17.5. The summed E-state index contributed by atoms with van der Waals surface area (Å²) >= 11 is 0. The normalized spacial score (nSPS) is 17.3. The van der Waals surface area contributed by atoms with Gasteiger partial charge in [0, 0.05) is 24.5 Å². The van der Waals surface area contributed by atoms with Gasteiger partial charge in [0.1, 0.15) is 11.3 Å². The van der Waals surface area contributed by atoms with Crippen molar-refractivity contribution in [1.82, 2.24) is 19.9 Å². The van der Waals surface area contributed by atoms with Crippen LogP contribution in [0.25, 0.3) is 11.0 Å². The molecule has 1 fully saturated rings. The molecular weight excluding hydrogens is 342 g/mol. The number of hydrogen-bond acceptors (Lipinski definition) is 5. The van der Waals surface area contributed by atoms with E-state index in [0.717, 1.165) is 18.5 Å². The van der Waals surface area contributed by atoms with Crippen molar-refractivity contribution >= 4 is 22.8 Å². The van der Waals surface area contributed by atoms with Crippen LogP contribution in [0, 0.1) is 0 Å². The second-order valence-electron chi connectivity index (χ2n) is 6.83. The lowest BCUT2D eigenvalue weighted by Gasteiger charge is -2.19. The van der Waals surface area contributed by atoms with Gasteiger partial charge in [0.25, 0.3) is 5.91 Å². The molecule has 0 bridgehead atoms. The standard InChI is InChI=1S/C20H23N5O2/c1-25-11-4-5-14(25)9-12-27-18-8-7-16-19(24-18)15(13-22-16)20(26)23-17-6-2-3-10-21-17/h2-3,6-8,10,13-14,22H,4-5,9,11-12H2,1H3,(H,21,23,26). The Morgan fingerprint density at radius 3 is 3.07 bits per heavy atom. The van der Waals surface area contributed by atoms with Crippen LogP contribution in [0.1, 0.15) is 29.6 Å². The molecule has 4 rings (SSSR count). The number of amides is 1. The maximum absolute atomic E-state index is 12.6. The molecule has 0 aromatic carbocycles. The van der Waals surface area contributed by atoms with Gasteiger partial charge in [-0.1, -0.05) is 6.07 Å². The fraction of sp³-hybridized carbons (Fsp3) is 0.350. The molecule has 140 valence electrons. The molecule has 1 aliphatic rings. The van der Waals surface area contributed by atoms with Gasteiger partial charge in [-0.25, -0.2) is 9.97 Å². The number of nitrogens with zero attached hydrogens (tertiary/aromatic N) is 3. The summed E-state index contributed by atoms with van der Waals surface area (Å²) in [6, 6.07) is 9.67. The van der Waals surface area contributed by atoms with Gasteiger partial charge in [-0.3, -0.25) is 4.79 Å². The highest BCUT2D eigenvalue weighted by atomic mass is 16.5. The Bertz CT molecular complexity index is 925. The van der Waals surface area contributed by atoms with Crippen LogP contribution in [-0.2, 0) is 0 Å². The van der Waals surface area contributed by atoms with Crippen molar-refractivity contribution in [2.75, 3.05) is 25.5 Å². The molecule has 7 nitrogen and oxygen atoms in total. The first-order chi connectivity index (χ1) is 13.2. The van der Waals surface area contributed by atoms with Crippen LogP contribution in [0.4, 0.5) is 5.82 Å². The van der Waals surface area contributed by atoms with E-state index in [-0.39, 0.29) is 5.91 Å². The Balaban J connectivity index is 1.45. The van der Waals surface area contributed by atoms with Gasteiger partial charge in [-0.2, -0.15) is 0 Å². The van der Waals surface area contributed by atoms with Crippen molar-refractivity contribution in [2.45, 2.75) is 25.3 Å². The molecule has 1 aliphatic heterocycles. The maximum atomic E-state index is 12.6. The number of fused-ring (bicyclic) bond motifs is 1. The highest BCUT2D eigenvalue weighted by Gasteiger charge is 2.20. The smallest absolute Gasteiger partial charge is 0.260 e. The van der Waals surface area contributed by atoms with Crippen molar-refractivity contribution in [3.8, 4) is 5.88 Å². The number of nitrogens with one attached hydrogen (secondary N) is 2. The summed E-state index contributed by atoms with van der Waals surface area (Å²) in [4.78, 5) is 26.7. The number of pyridine rings is 2. The summed E-state index contributed by atoms with van der Waals surface area (Å²) in [5.74, 6) is 0.789. The number of carbonyl (C=O) groups excluding carboxylic acids is 1. The Morgan fingerprint density at radius 1 is 1.37 bits per heavy atom. The van der Waals surface area contributed by atoms with Gasteiger partial charge in [0.2, 0.25) is 5.88 Å². The zero-order chi connectivity index (χ0) is 18.6. The van der Waals surface area contributed by atoms with Crippen LogP contribution >= 0.6 is 0 Å². The van der Waals surface area contributed by atoms with E-state index in [1.165, 1.54) is 12.8 Å². The second-order valence-corrected chi connectivity index (χ2v) is 6.83. The summed E-state index contributed by atoms with van der Waals surface area (Å²) < 4.78 is 5.85. The number of carbonyl (C=O) groups is 1. The molecule has 1 unspecified atom stereocenters. The van der Waals surface area contributed by atoms with Crippen molar-refractivity contribution in [3.05, 3.63) is 48.3 Å². The van der Waals surface area contributed by atoms with Crippen LogP contribution < -0.4 is 10.1 Å². The Hall–Kier alpha value is -2.93. The van der Waals surface area contributed by atoms with E-state index in [1.54, 1.807) is 24.5 Å². The molecule has 1 amide bonds. The highest BCUT2D eigenvalue weighted by Crippen LogP contribution is 2.22. The van der Waals surface area contributed by atoms with Gasteiger partial charge in [-0.05, 0) is 51.1 Å². The molecule has 3 aromatic rings. The topological polar surface area (TPSA) is 83.1 Å². The third-order valence-electron chi connectivity index (χ3n) is 5.02. The number of hydrogen-bond donors (Lipinski definition) is 2. The van der Waals surface area contributed by atoms with E-state index >= 15 is 0 Å². The van der Waals surface area contributed by atoms with E-state index in [1.807, 2.05) is 18.2 Å². The van der Waals surface area contributed by atoms with Crippen molar-refractivity contribution < 1.29 is 9.53 Å². The summed E-state index contributed by atoms with van der Waals surface area (Å²) in [7, 11) is 2.16. The Morgan fingerprint density at radius 2 is 2.30 bits per heavy atom. The van der Waals surface area contributed by atoms with E-state index in [4.69, 9.17) is 4.74 Å². The number of aromatic amines is 1. The van der Waals surface area contributed by atoms with E-state index in [0.29, 0.717) is 35.4 Å². The van der Waals surface area contributed by atoms with Crippen molar-refractivity contribution in [3.63, 3.8) is 0 Å². The quantitative estimate of drug-likeness (QED) is 0.701. The summed E-state index contributed by atoms with van der Waals surface area (Å²) in [5, 5.41) is 2.78. The van der Waals surface area contributed by atoms with Gasteiger partial charge in [0.05, 0.1) is 17.7 Å². The summed E-state index contributed by atoms with van der Waals surface area (Å²) in [6.45, 7) is 1.78. The van der Waals surface area contributed by atoms with Gasteiger partial charge >= 0.3 is 0 Å². The molecular formula is C20H23N5O2. The maximum Gasteiger partial charge on any atom is 0.260 e. The number of aromatic nitrogens is 3. The average molecular weight is 365 g/mol. The van der Waals surface area contributed by atoms with E-state index in [2.05, 4.69) is 32.2 Å². The first-order valence-corrected chi connectivity index (χ1v) is 9.24. The number of likely N-dealkylation sites (tertiary alicyclic amines) is 1. The van der Waals surface area contributed by atoms with Crippen LogP contribution in [0.3, 0.4) is 0 Å². The average Bonchev–Trinajstić information content (AvgIpc) is 3.28. The minimum absolute atomic E-state index is 0.253. The van der Waals surface area contributed by atoms with Crippen molar-refractivity contribution in [1.29, 1.82) is 0 Å². The fourth-order valence-corrected chi connectivity index (χ4v) is 3.50. The molecule has 0 aliphatic carbocycles. The van der Waals surface area contributed by atoms with Crippen LogP contribution in [-0.4, -0.2) is 52.0 Å². The van der Waals surface area contributed by atoms with Crippen LogP contribution in [0.2, 0.25) is 0 Å². The zero-order valence-corrected chi connectivity index (χ0v) is 15.3. The molecule has 0 spiro atoms. The molecule has 2 N–H and O–H groups in total. The monoisotopic (exact) mass is 365 g/mol. The lowest BCUT2D eigenvalue weighted by atomic mass is 10.1. The molecule has 3 aromatic heterocycles. The van der Waals surface area contributed by atoms with Crippen LogP contribution in [0.15, 0.2) is 42.7 Å². The predicted molar refractivity (Wildman–Crippen MR) is 104 cm³/mol. The molecule has 27 heavy (non-hydrogen) atoms. The minimum Gasteiger partial charge on any atom is -0.478 e. The van der Waals surface area contributed by atoms with E-state index < -0.39 is 0 Å². The highest BCUT2D eigenvalue weighted by molar-refractivity contribution is 6.11. The number of H-pyrrole nitrogens is 1. The molecule has 7 heteroatoms. The van der Waals surface area contributed by atoms with Gasteiger partial charge < -0.3 is 19.9 Å². The predicted octanol–water partition coefficient (Wildman–Crippen LogP) is 3.07. The van der Waals surface area contributed by atoms with Crippen molar-refractivity contribution in [2.24, 2.45) is 0 Å². The molecule has 1 saturated heterocycles. The number of ether oxygens (including phenoxy) is 1.